The summed E-state index contributed by atoms with van der Waals surface area (Å²) in [6, 6.07) is 5.90. The van der Waals surface area contributed by atoms with Crippen LogP contribution in [-0.2, 0) is 0 Å². The predicted octanol–water partition coefficient (Wildman–Crippen LogP) is 3.76. The molecule has 0 aromatic heterocycles. The number of halogens is 3. The number of guanidine groups is 1. The molecule has 3 nitrogen and oxygen atoms in total. The van der Waals surface area contributed by atoms with Gasteiger partial charge in [0.15, 0.2) is 5.96 Å². The molecule has 0 saturated heterocycles. The van der Waals surface area contributed by atoms with E-state index in [1.807, 2.05) is 32.0 Å². The Kier molecular flexibility index (Phi) is 5.85. The Hall–Kier alpha value is -1.72. The smallest absolute Gasteiger partial charge is 0.370 e. The van der Waals surface area contributed by atoms with Crippen LogP contribution < -0.4 is 11.1 Å². The number of hydrogen-bond donors (Lipinski definition) is 2. The molecule has 0 amide bonds. The fourth-order valence-electron chi connectivity index (χ4n) is 1.87. The zero-order valence-corrected chi connectivity index (χ0v) is 11.7. The van der Waals surface area contributed by atoms with Crippen molar-refractivity contribution in [2.75, 3.05) is 11.9 Å². The van der Waals surface area contributed by atoms with Crippen molar-refractivity contribution >= 4 is 11.6 Å². The molecule has 0 bridgehead atoms. The minimum Gasteiger partial charge on any atom is -0.370 e. The Bertz CT molecular complexity index is 447. The van der Waals surface area contributed by atoms with E-state index >= 15 is 0 Å². The summed E-state index contributed by atoms with van der Waals surface area (Å²) in [5.74, 6) is 0.224. The lowest BCUT2D eigenvalue weighted by Crippen LogP contribution is -2.23. The second-order valence-electron chi connectivity index (χ2n) is 4.84. The van der Waals surface area contributed by atoms with Crippen molar-refractivity contribution in [1.82, 2.24) is 0 Å². The number of nitrogens with zero attached hydrogens (tertiary/aromatic N) is 1. The van der Waals surface area contributed by atoms with Crippen LogP contribution in [0, 0.1) is 13.8 Å². The molecule has 0 unspecified atom stereocenters. The molecule has 1 aromatic rings. The highest BCUT2D eigenvalue weighted by Crippen LogP contribution is 2.22. The van der Waals surface area contributed by atoms with E-state index in [4.69, 9.17) is 5.73 Å². The number of unbranched alkanes of at least 4 members (excludes halogenated alkanes) is 1. The van der Waals surface area contributed by atoms with Gasteiger partial charge in [-0.15, -0.1) is 0 Å². The van der Waals surface area contributed by atoms with Gasteiger partial charge in [0.1, 0.15) is 0 Å². The normalized spacial score (nSPS) is 12.6. The SMILES string of the molecule is Cc1cc(C)cc(NC(N)=NCCCCC(F)(F)F)c1. The van der Waals surface area contributed by atoms with Gasteiger partial charge in [0.2, 0.25) is 0 Å². The first kappa shape index (κ1) is 16.3. The summed E-state index contributed by atoms with van der Waals surface area (Å²) in [4.78, 5) is 4.01. The third-order valence-electron chi connectivity index (χ3n) is 2.64. The number of aryl methyl sites for hydroxylation is 2. The molecule has 0 atom stereocenters. The standard InChI is InChI=1S/C14H20F3N3/c1-10-7-11(2)9-12(8-10)20-13(18)19-6-4-3-5-14(15,16)17/h7-9H,3-6H2,1-2H3,(H3,18,19,20). The summed E-state index contributed by atoms with van der Waals surface area (Å²) in [5, 5.41) is 2.94. The van der Waals surface area contributed by atoms with Crippen LogP contribution >= 0.6 is 0 Å². The second kappa shape index (κ2) is 7.17. The molecule has 3 N–H and O–H groups in total. The first-order valence-electron chi connectivity index (χ1n) is 6.48. The average molecular weight is 287 g/mol. The van der Waals surface area contributed by atoms with E-state index in [1.54, 1.807) is 0 Å². The molecule has 20 heavy (non-hydrogen) atoms. The topological polar surface area (TPSA) is 50.4 Å². The fourth-order valence-corrected chi connectivity index (χ4v) is 1.87. The fraction of sp³-hybridized carbons (Fsp3) is 0.500. The quantitative estimate of drug-likeness (QED) is 0.492. The number of benzene rings is 1. The summed E-state index contributed by atoms with van der Waals surface area (Å²) >= 11 is 0. The number of alkyl halides is 3. The van der Waals surface area contributed by atoms with Gasteiger partial charge in [-0.1, -0.05) is 6.07 Å². The lowest BCUT2D eigenvalue weighted by molar-refractivity contribution is -0.135. The Balaban J connectivity index is 2.38. The lowest BCUT2D eigenvalue weighted by atomic mass is 10.1. The van der Waals surface area contributed by atoms with Crippen molar-refractivity contribution in [2.45, 2.75) is 39.3 Å². The third kappa shape index (κ3) is 7.01. The largest absolute Gasteiger partial charge is 0.389 e. The van der Waals surface area contributed by atoms with Gasteiger partial charge in [0.05, 0.1) is 0 Å². The van der Waals surface area contributed by atoms with Crippen LogP contribution in [0.15, 0.2) is 23.2 Å². The molecular weight excluding hydrogens is 267 g/mol. The minimum absolute atomic E-state index is 0.0732. The monoisotopic (exact) mass is 287 g/mol. The van der Waals surface area contributed by atoms with Crippen LogP contribution in [0.4, 0.5) is 18.9 Å². The Morgan fingerprint density at radius 3 is 2.30 bits per heavy atom. The van der Waals surface area contributed by atoms with Crippen molar-refractivity contribution in [2.24, 2.45) is 10.7 Å². The molecule has 0 spiro atoms. The third-order valence-corrected chi connectivity index (χ3v) is 2.64. The molecule has 0 aliphatic rings. The van der Waals surface area contributed by atoms with Crippen molar-refractivity contribution in [1.29, 1.82) is 0 Å². The molecule has 0 aliphatic carbocycles. The summed E-state index contributed by atoms with van der Waals surface area (Å²) in [6.45, 7) is 4.24. The maximum absolute atomic E-state index is 11.9. The molecule has 1 rings (SSSR count). The van der Waals surface area contributed by atoms with E-state index in [0.717, 1.165) is 16.8 Å². The first-order valence-corrected chi connectivity index (χ1v) is 6.48. The molecule has 0 fully saturated rings. The van der Waals surface area contributed by atoms with Crippen LogP contribution in [0.25, 0.3) is 0 Å². The van der Waals surface area contributed by atoms with Crippen LogP contribution in [-0.4, -0.2) is 18.7 Å². The highest BCUT2D eigenvalue weighted by atomic mass is 19.4. The van der Waals surface area contributed by atoms with Gasteiger partial charge in [0, 0.05) is 18.7 Å². The molecule has 6 heteroatoms. The van der Waals surface area contributed by atoms with Crippen molar-refractivity contribution in [3.8, 4) is 0 Å². The highest BCUT2D eigenvalue weighted by Gasteiger charge is 2.25. The van der Waals surface area contributed by atoms with Crippen LogP contribution in [0.5, 0.6) is 0 Å². The van der Waals surface area contributed by atoms with Crippen molar-refractivity contribution < 1.29 is 13.2 Å². The summed E-state index contributed by atoms with van der Waals surface area (Å²) in [5.41, 5.74) is 8.73. The van der Waals surface area contributed by atoms with Crippen molar-refractivity contribution in [3.05, 3.63) is 29.3 Å². The molecule has 1 aromatic carbocycles. The Morgan fingerprint density at radius 2 is 1.75 bits per heavy atom. The maximum Gasteiger partial charge on any atom is 0.389 e. The zero-order valence-electron chi connectivity index (χ0n) is 11.7. The second-order valence-corrected chi connectivity index (χ2v) is 4.84. The van der Waals surface area contributed by atoms with Crippen LogP contribution in [0.2, 0.25) is 0 Å². The van der Waals surface area contributed by atoms with E-state index in [1.165, 1.54) is 0 Å². The number of aliphatic imine (C=N–C) groups is 1. The first-order chi connectivity index (χ1) is 9.26. The molecule has 0 aliphatic heterocycles. The van der Waals surface area contributed by atoms with Gasteiger partial charge in [-0.25, -0.2) is 0 Å². The lowest BCUT2D eigenvalue weighted by Gasteiger charge is -2.08. The molecule has 0 radical (unpaired) electrons. The zero-order chi connectivity index (χ0) is 15.2. The number of anilines is 1. The predicted molar refractivity (Wildman–Crippen MR) is 75.9 cm³/mol. The van der Waals surface area contributed by atoms with Gasteiger partial charge in [-0.3, -0.25) is 4.99 Å². The minimum atomic E-state index is -4.09. The Labute approximate surface area is 117 Å². The van der Waals surface area contributed by atoms with Gasteiger partial charge in [-0.2, -0.15) is 13.2 Å². The summed E-state index contributed by atoms with van der Waals surface area (Å²) in [6.07, 6.45) is -4.42. The highest BCUT2D eigenvalue weighted by molar-refractivity contribution is 5.92. The number of nitrogens with one attached hydrogen (secondary N) is 1. The average Bonchev–Trinajstić information content (AvgIpc) is 2.25. The van der Waals surface area contributed by atoms with Crippen molar-refractivity contribution in [3.63, 3.8) is 0 Å². The maximum atomic E-state index is 11.9. The van der Waals surface area contributed by atoms with E-state index < -0.39 is 12.6 Å². The van der Waals surface area contributed by atoms with Crippen LogP contribution in [0.3, 0.4) is 0 Å². The van der Waals surface area contributed by atoms with E-state index in [-0.39, 0.29) is 12.4 Å². The Morgan fingerprint density at radius 1 is 1.15 bits per heavy atom. The molecule has 0 saturated carbocycles. The summed E-state index contributed by atoms with van der Waals surface area (Å²) in [7, 11) is 0. The molecule has 0 heterocycles. The molecule has 112 valence electrons. The summed E-state index contributed by atoms with van der Waals surface area (Å²) < 4.78 is 35.8. The van der Waals surface area contributed by atoms with Crippen LogP contribution in [0.1, 0.15) is 30.4 Å². The van der Waals surface area contributed by atoms with Gasteiger partial charge < -0.3 is 11.1 Å². The van der Waals surface area contributed by atoms with E-state index in [0.29, 0.717) is 13.0 Å². The molecular formula is C14H20F3N3. The van der Waals surface area contributed by atoms with Gasteiger partial charge >= 0.3 is 6.18 Å². The van der Waals surface area contributed by atoms with E-state index in [9.17, 15) is 13.2 Å². The number of rotatable bonds is 5. The number of hydrogen-bond acceptors (Lipinski definition) is 1. The van der Waals surface area contributed by atoms with Gasteiger partial charge in [0.25, 0.3) is 0 Å². The van der Waals surface area contributed by atoms with E-state index in [2.05, 4.69) is 10.3 Å². The number of nitrogens with two attached hydrogens (primary N) is 1. The van der Waals surface area contributed by atoms with Gasteiger partial charge in [-0.05, 0) is 49.9 Å².